The van der Waals surface area contributed by atoms with Crippen LogP contribution in [0.1, 0.15) is 0 Å². The van der Waals surface area contributed by atoms with Crippen molar-refractivity contribution in [2.45, 2.75) is 4.90 Å². The summed E-state index contributed by atoms with van der Waals surface area (Å²) in [5.74, 6) is 0. The van der Waals surface area contributed by atoms with E-state index >= 15 is 0 Å². The van der Waals surface area contributed by atoms with Gasteiger partial charge in [0.05, 0.1) is 0 Å². The van der Waals surface area contributed by atoms with Gasteiger partial charge in [0, 0.05) is 4.90 Å². The molecule has 0 fully saturated rings. The number of thiol groups is 1. The second kappa shape index (κ2) is 3.98. The van der Waals surface area contributed by atoms with E-state index in [4.69, 9.17) is 0 Å². The highest BCUT2D eigenvalue weighted by atomic mass is 79.9. The van der Waals surface area contributed by atoms with Crippen LogP contribution >= 0.6 is 29.6 Å². The number of benzene rings is 1. The van der Waals surface area contributed by atoms with Gasteiger partial charge in [-0.05, 0) is 12.1 Å². The first kappa shape index (κ1) is 8.05. The molecule has 2 heteroatoms. The van der Waals surface area contributed by atoms with Crippen molar-refractivity contribution in [3.05, 3.63) is 30.3 Å². The van der Waals surface area contributed by atoms with Gasteiger partial charge in [-0.1, -0.05) is 18.2 Å². The third kappa shape index (κ3) is 2.38. The third-order valence-corrected chi connectivity index (χ3v) is 1.05. The fourth-order valence-electron chi connectivity index (χ4n) is 0.428. The van der Waals surface area contributed by atoms with Crippen LogP contribution in [-0.2, 0) is 0 Å². The van der Waals surface area contributed by atoms with Gasteiger partial charge in [-0.3, -0.25) is 0 Å². The topological polar surface area (TPSA) is 0 Å². The maximum Gasteiger partial charge on any atom is 0.00399 e. The molecule has 0 radical (unpaired) electrons. The Balaban J connectivity index is 0.000000490. The molecule has 0 unspecified atom stereocenters. The quantitative estimate of drug-likeness (QED) is 0.598. The summed E-state index contributed by atoms with van der Waals surface area (Å²) in [6.07, 6.45) is 0. The molecule has 44 valence electrons. The highest BCUT2D eigenvalue weighted by Gasteiger charge is 1.73. The second-order valence-corrected chi connectivity index (χ2v) is 1.85. The lowest BCUT2D eigenvalue weighted by molar-refractivity contribution is 1.48. The maximum atomic E-state index is 4.08. The molecule has 0 aromatic heterocycles. The van der Waals surface area contributed by atoms with Gasteiger partial charge in [-0.2, -0.15) is 0 Å². The zero-order valence-corrected chi connectivity index (χ0v) is 6.85. The lowest BCUT2D eigenvalue weighted by atomic mass is 10.4. The number of hydrogen-bond acceptors (Lipinski definition) is 1. The average Bonchev–Trinajstić information content (AvgIpc) is 1.69. The molecule has 1 aromatic rings. The van der Waals surface area contributed by atoms with Crippen LogP contribution in [0, 0.1) is 0 Å². The van der Waals surface area contributed by atoms with Crippen LogP contribution in [0.4, 0.5) is 0 Å². The number of halogens is 1. The minimum atomic E-state index is 0. The van der Waals surface area contributed by atoms with Crippen molar-refractivity contribution in [1.82, 2.24) is 0 Å². The summed E-state index contributed by atoms with van der Waals surface area (Å²) in [5.41, 5.74) is 0. The largest absolute Gasteiger partial charge is 0.143 e. The summed E-state index contributed by atoms with van der Waals surface area (Å²) in [7, 11) is 0. The number of hydrogen-bond donors (Lipinski definition) is 1. The lowest BCUT2D eigenvalue weighted by Gasteiger charge is -1.81. The Labute approximate surface area is 65.1 Å². The minimum absolute atomic E-state index is 0. The fourth-order valence-corrected chi connectivity index (χ4v) is 0.600. The van der Waals surface area contributed by atoms with Crippen molar-refractivity contribution in [3.63, 3.8) is 0 Å². The summed E-state index contributed by atoms with van der Waals surface area (Å²) in [6, 6.07) is 9.79. The Morgan fingerprint density at radius 3 is 1.75 bits per heavy atom. The number of rotatable bonds is 0. The molecule has 0 saturated carbocycles. The van der Waals surface area contributed by atoms with E-state index < -0.39 is 0 Å². The van der Waals surface area contributed by atoms with Crippen molar-refractivity contribution in [2.75, 3.05) is 0 Å². The molecule has 0 N–H and O–H groups in total. The Hall–Kier alpha value is 0.0500. The molecule has 1 aromatic carbocycles. The van der Waals surface area contributed by atoms with Crippen molar-refractivity contribution in [2.24, 2.45) is 0 Å². The first-order chi connectivity index (χ1) is 3.39. The SMILES string of the molecule is Br.Sc1ccccc1. The molecule has 0 aliphatic heterocycles. The highest BCUT2D eigenvalue weighted by molar-refractivity contribution is 8.93. The van der Waals surface area contributed by atoms with Gasteiger partial charge in [-0.15, -0.1) is 29.6 Å². The summed E-state index contributed by atoms with van der Waals surface area (Å²) in [6.45, 7) is 0. The van der Waals surface area contributed by atoms with Crippen LogP contribution < -0.4 is 0 Å². The van der Waals surface area contributed by atoms with E-state index in [1.165, 1.54) is 0 Å². The third-order valence-electron chi connectivity index (χ3n) is 0.756. The predicted molar refractivity (Wildman–Crippen MR) is 44.0 cm³/mol. The highest BCUT2D eigenvalue weighted by Crippen LogP contribution is 2.00. The molecule has 0 bridgehead atoms. The Morgan fingerprint density at radius 2 is 1.50 bits per heavy atom. The standard InChI is InChI=1S/C6H6S.BrH/c7-6-4-2-1-3-5-6;/h1-5,7H;1H. The Morgan fingerprint density at radius 1 is 1.00 bits per heavy atom. The van der Waals surface area contributed by atoms with Crippen LogP contribution in [0.15, 0.2) is 35.2 Å². The smallest absolute Gasteiger partial charge is 0.00399 e. The zero-order valence-electron chi connectivity index (χ0n) is 4.24. The molecule has 0 aliphatic carbocycles. The zero-order chi connectivity index (χ0) is 5.11. The van der Waals surface area contributed by atoms with Gasteiger partial charge in [0.15, 0.2) is 0 Å². The molecule has 1 rings (SSSR count). The van der Waals surface area contributed by atoms with Crippen LogP contribution in [-0.4, -0.2) is 0 Å². The average molecular weight is 191 g/mol. The first-order valence-corrected chi connectivity index (χ1v) is 2.58. The van der Waals surface area contributed by atoms with Gasteiger partial charge in [0.2, 0.25) is 0 Å². The van der Waals surface area contributed by atoms with E-state index in [2.05, 4.69) is 12.6 Å². The molecule has 0 atom stereocenters. The Kier molecular flexibility index (Phi) is 4.01. The summed E-state index contributed by atoms with van der Waals surface area (Å²) < 4.78 is 0. The van der Waals surface area contributed by atoms with Gasteiger partial charge in [0.1, 0.15) is 0 Å². The van der Waals surface area contributed by atoms with Crippen molar-refractivity contribution in [3.8, 4) is 0 Å². The summed E-state index contributed by atoms with van der Waals surface area (Å²) in [5, 5.41) is 0. The van der Waals surface area contributed by atoms with E-state index in [-0.39, 0.29) is 17.0 Å². The molecule has 0 amide bonds. The van der Waals surface area contributed by atoms with Crippen LogP contribution in [0.2, 0.25) is 0 Å². The van der Waals surface area contributed by atoms with Crippen LogP contribution in [0.3, 0.4) is 0 Å². The molecule has 0 saturated heterocycles. The van der Waals surface area contributed by atoms with E-state index in [0.717, 1.165) is 4.90 Å². The van der Waals surface area contributed by atoms with E-state index in [1.54, 1.807) is 0 Å². The monoisotopic (exact) mass is 190 g/mol. The molecular weight excluding hydrogens is 184 g/mol. The first-order valence-electron chi connectivity index (χ1n) is 2.13. The molecule has 0 nitrogen and oxygen atoms in total. The van der Waals surface area contributed by atoms with Crippen LogP contribution in [0.25, 0.3) is 0 Å². The molecule has 0 spiro atoms. The van der Waals surface area contributed by atoms with Crippen molar-refractivity contribution in [1.29, 1.82) is 0 Å². The minimum Gasteiger partial charge on any atom is -0.143 e. The maximum absolute atomic E-state index is 4.08. The summed E-state index contributed by atoms with van der Waals surface area (Å²) in [4.78, 5) is 1.02. The Bertz CT molecular complexity index is 138. The molecule has 8 heavy (non-hydrogen) atoms. The van der Waals surface area contributed by atoms with Crippen molar-refractivity contribution < 1.29 is 0 Å². The summed E-state index contributed by atoms with van der Waals surface area (Å²) >= 11 is 4.08. The molecular formula is C6H7BrS. The molecule has 0 heterocycles. The second-order valence-electron chi connectivity index (χ2n) is 1.34. The normalized spacial score (nSPS) is 7.62. The van der Waals surface area contributed by atoms with Gasteiger partial charge >= 0.3 is 0 Å². The fraction of sp³-hybridized carbons (Fsp3) is 0. The van der Waals surface area contributed by atoms with Gasteiger partial charge in [-0.25, -0.2) is 0 Å². The van der Waals surface area contributed by atoms with E-state index in [9.17, 15) is 0 Å². The van der Waals surface area contributed by atoms with E-state index in [0.29, 0.717) is 0 Å². The van der Waals surface area contributed by atoms with Crippen LogP contribution in [0.5, 0.6) is 0 Å². The lowest BCUT2D eigenvalue weighted by Crippen LogP contribution is -1.56. The van der Waals surface area contributed by atoms with Crippen molar-refractivity contribution >= 4 is 29.6 Å². The van der Waals surface area contributed by atoms with Gasteiger partial charge < -0.3 is 0 Å². The van der Waals surface area contributed by atoms with E-state index in [1.807, 2.05) is 30.3 Å². The predicted octanol–water partition coefficient (Wildman–Crippen LogP) is 2.55. The van der Waals surface area contributed by atoms with Gasteiger partial charge in [0.25, 0.3) is 0 Å². The molecule has 0 aliphatic rings.